The fraction of sp³-hybridized carbons (Fsp3) is 0.615. The van der Waals surface area contributed by atoms with Crippen molar-refractivity contribution in [2.24, 2.45) is 0 Å². The summed E-state index contributed by atoms with van der Waals surface area (Å²) in [5, 5.41) is 14.8. The van der Waals surface area contributed by atoms with Crippen molar-refractivity contribution >= 4 is 11.9 Å². The summed E-state index contributed by atoms with van der Waals surface area (Å²) in [5.41, 5.74) is 1.81. The number of carbonyl (C=O) groups is 2. The topological polar surface area (TPSA) is 116 Å². The standard InChI is InChI=1S/C13H20N4O4/c1-21-4-2-3-8(13(19)20)17-12(18)10-5-9-11(6-14-10)16-7-15-9/h7-8,10,14H,2-6H2,1H3,(H,15,16)(H,17,18)(H,19,20). The third kappa shape index (κ3) is 4.02. The molecule has 0 saturated heterocycles. The van der Waals surface area contributed by atoms with Crippen LogP contribution in [0.4, 0.5) is 0 Å². The van der Waals surface area contributed by atoms with Gasteiger partial charge in [-0.05, 0) is 12.8 Å². The highest BCUT2D eigenvalue weighted by Gasteiger charge is 2.28. The van der Waals surface area contributed by atoms with Crippen molar-refractivity contribution in [1.29, 1.82) is 0 Å². The van der Waals surface area contributed by atoms with Gasteiger partial charge in [-0.3, -0.25) is 10.1 Å². The number of imidazole rings is 1. The van der Waals surface area contributed by atoms with Crippen LogP contribution in [0.5, 0.6) is 0 Å². The maximum Gasteiger partial charge on any atom is 0.326 e. The molecule has 1 aliphatic heterocycles. The van der Waals surface area contributed by atoms with Gasteiger partial charge in [0.1, 0.15) is 6.04 Å². The van der Waals surface area contributed by atoms with E-state index in [0.29, 0.717) is 32.4 Å². The van der Waals surface area contributed by atoms with Crippen molar-refractivity contribution in [3.63, 3.8) is 0 Å². The third-order valence-corrected chi connectivity index (χ3v) is 3.50. The smallest absolute Gasteiger partial charge is 0.326 e. The molecular weight excluding hydrogens is 276 g/mol. The molecule has 116 valence electrons. The van der Waals surface area contributed by atoms with E-state index in [1.165, 1.54) is 0 Å². The first-order valence-corrected chi connectivity index (χ1v) is 6.88. The summed E-state index contributed by atoms with van der Waals surface area (Å²) in [7, 11) is 1.56. The van der Waals surface area contributed by atoms with Crippen molar-refractivity contribution in [1.82, 2.24) is 20.6 Å². The fourth-order valence-electron chi connectivity index (χ4n) is 2.32. The minimum atomic E-state index is -1.03. The Balaban J connectivity index is 1.89. The first kappa shape index (κ1) is 15.5. The summed E-state index contributed by atoms with van der Waals surface area (Å²) in [6.45, 7) is 0.993. The van der Waals surface area contributed by atoms with Gasteiger partial charge in [-0.2, -0.15) is 0 Å². The highest BCUT2D eigenvalue weighted by Crippen LogP contribution is 2.12. The molecule has 2 unspecified atom stereocenters. The summed E-state index contributed by atoms with van der Waals surface area (Å²) >= 11 is 0. The summed E-state index contributed by atoms with van der Waals surface area (Å²) in [5.74, 6) is -1.34. The molecule has 4 N–H and O–H groups in total. The molecule has 0 bridgehead atoms. The molecule has 0 fully saturated rings. The van der Waals surface area contributed by atoms with Crippen LogP contribution < -0.4 is 10.6 Å². The second-order valence-corrected chi connectivity index (χ2v) is 5.00. The molecule has 0 aromatic carbocycles. The van der Waals surface area contributed by atoms with Crippen molar-refractivity contribution < 1.29 is 19.4 Å². The molecule has 1 aromatic heterocycles. The molecule has 8 heteroatoms. The highest BCUT2D eigenvalue weighted by molar-refractivity contribution is 5.87. The molecule has 1 aliphatic rings. The first-order valence-electron chi connectivity index (χ1n) is 6.88. The average molecular weight is 296 g/mol. The Morgan fingerprint density at radius 3 is 3.14 bits per heavy atom. The van der Waals surface area contributed by atoms with Gasteiger partial charge in [-0.1, -0.05) is 0 Å². The molecule has 0 radical (unpaired) electrons. The summed E-state index contributed by atoms with van der Waals surface area (Å²) in [4.78, 5) is 30.5. The van der Waals surface area contributed by atoms with Gasteiger partial charge >= 0.3 is 5.97 Å². The zero-order valence-corrected chi connectivity index (χ0v) is 11.9. The SMILES string of the molecule is COCCCC(NC(=O)C1Cc2nc[nH]c2CN1)C(=O)O. The van der Waals surface area contributed by atoms with Gasteiger partial charge in [-0.15, -0.1) is 0 Å². The molecule has 2 atom stereocenters. The number of aromatic nitrogens is 2. The van der Waals surface area contributed by atoms with Crippen LogP contribution >= 0.6 is 0 Å². The minimum Gasteiger partial charge on any atom is -0.480 e. The predicted octanol–water partition coefficient (Wildman–Crippen LogP) is -0.580. The van der Waals surface area contributed by atoms with Crippen LogP contribution in [0.2, 0.25) is 0 Å². The van der Waals surface area contributed by atoms with E-state index in [-0.39, 0.29) is 5.91 Å². The van der Waals surface area contributed by atoms with Gasteiger partial charge in [0, 0.05) is 26.7 Å². The summed E-state index contributed by atoms with van der Waals surface area (Å²) < 4.78 is 4.89. The highest BCUT2D eigenvalue weighted by atomic mass is 16.5. The maximum absolute atomic E-state index is 12.2. The van der Waals surface area contributed by atoms with E-state index >= 15 is 0 Å². The molecule has 2 rings (SSSR count). The van der Waals surface area contributed by atoms with Crippen LogP contribution in [0.25, 0.3) is 0 Å². The molecule has 1 amide bonds. The number of hydrogen-bond acceptors (Lipinski definition) is 5. The van der Waals surface area contributed by atoms with E-state index in [1.807, 2.05) is 0 Å². The minimum absolute atomic E-state index is 0.312. The number of rotatable bonds is 7. The van der Waals surface area contributed by atoms with Gasteiger partial charge in [0.05, 0.1) is 23.8 Å². The van der Waals surface area contributed by atoms with Crippen LogP contribution in [0.1, 0.15) is 24.2 Å². The second kappa shape index (κ2) is 7.19. The van der Waals surface area contributed by atoms with Crippen LogP contribution in [0.15, 0.2) is 6.33 Å². The third-order valence-electron chi connectivity index (χ3n) is 3.50. The Hall–Kier alpha value is -1.93. The summed E-state index contributed by atoms with van der Waals surface area (Å²) in [6.07, 6.45) is 2.97. The van der Waals surface area contributed by atoms with Gasteiger partial charge in [-0.25, -0.2) is 9.78 Å². The van der Waals surface area contributed by atoms with E-state index in [1.54, 1.807) is 13.4 Å². The molecule has 21 heavy (non-hydrogen) atoms. The van der Waals surface area contributed by atoms with Crippen molar-refractivity contribution in [3.05, 3.63) is 17.7 Å². The lowest BCUT2D eigenvalue weighted by atomic mass is 10.0. The fourth-order valence-corrected chi connectivity index (χ4v) is 2.32. The molecule has 8 nitrogen and oxygen atoms in total. The molecule has 0 saturated carbocycles. The lowest BCUT2D eigenvalue weighted by molar-refractivity contribution is -0.142. The van der Waals surface area contributed by atoms with E-state index in [2.05, 4.69) is 20.6 Å². The van der Waals surface area contributed by atoms with Gasteiger partial charge < -0.3 is 20.1 Å². The van der Waals surface area contributed by atoms with Crippen LogP contribution in [0, 0.1) is 0 Å². The van der Waals surface area contributed by atoms with E-state index in [0.717, 1.165) is 11.4 Å². The van der Waals surface area contributed by atoms with Crippen molar-refractivity contribution in [2.45, 2.75) is 37.9 Å². The normalized spacial score (nSPS) is 18.8. The Kier molecular flexibility index (Phi) is 5.29. The van der Waals surface area contributed by atoms with Gasteiger partial charge in [0.15, 0.2) is 0 Å². The number of aromatic amines is 1. The number of methoxy groups -OCH3 is 1. The largest absolute Gasteiger partial charge is 0.480 e. The lowest BCUT2D eigenvalue weighted by Crippen LogP contribution is -2.52. The molecule has 1 aromatic rings. The number of carbonyl (C=O) groups excluding carboxylic acids is 1. The Bertz CT molecular complexity index is 502. The Morgan fingerprint density at radius 2 is 2.43 bits per heavy atom. The van der Waals surface area contributed by atoms with E-state index in [9.17, 15) is 9.59 Å². The second-order valence-electron chi connectivity index (χ2n) is 5.00. The molecule has 0 aliphatic carbocycles. The molecule has 2 heterocycles. The summed E-state index contributed by atoms with van der Waals surface area (Å²) in [6, 6.07) is -1.35. The van der Waals surface area contributed by atoms with E-state index < -0.39 is 18.1 Å². The number of aliphatic carboxylic acids is 1. The van der Waals surface area contributed by atoms with Crippen molar-refractivity contribution in [2.75, 3.05) is 13.7 Å². The predicted molar refractivity (Wildman–Crippen MR) is 73.6 cm³/mol. The number of H-pyrrole nitrogens is 1. The number of nitrogens with zero attached hydrogens (tertiary/aromatic N) is 1. The zero-order valence-electron chi connectivity index (χ0n) is 11.9. The van der Waals surface area contributed by atoms with Crippen LogP contribution in [0.3, 0.4) is 0 Å². The van der Waals surface area contributed by atoms with Crippen LogP contribution in [-0.2, 0) is 27.3 Å². The lowest BCUT2D eigenvalue weighted by Gasteiger charge is -2.24. The first-order chi connectivity index (χ1) is 10.1. The Labute approximate surface area is 122 Å². The van der Waals surface area contributed by atoms with Crippen LogP contribution in [-0.4, -0.2) is 52.8 Å². The maximum atomic E-state index is 12.2. The number of amides is 1. The molecule has 0 spiro atoms. The average Bonchev–Trinajstić information content (AvgIpc) is 2.93. The monoisotopic (exact) mass is 296 g/mol. The zero-order chi connectivity index (χ0) is 15.2. The number of hydrogen-bond donors (Lipinski definition) is 4. The number of nitrogens with one attached hydrogen (secondary N) is 3. The number of carboxylic acids is 1. The van der Waals surface area contributed by atoms with E-state index in [4.69, 9.17) is 9.84 Å². The van der Waals surface area contributed by atoms with Crippen molar-refractivity contribution in [3.8, 4) is 0 Å². The Morgan fingerprint density at radius 1 is 1.62 bits per heavy atom. The van der Waals surface area contributed by atoms with Gasteiger partial charge in [0.2, 0.25) is 5.91 Å². The molecular formula is C13H20N4O4. The van der Waals surface area contributed by atoms with Gasteiger partial charge in [0.25, 0.3) is 0 Å². The number of fused-ring (bicyclic) bond motifs is 1. The number of ether oxygens (including phenoxy) is 1. The quantitative estimate of drug-likeness (QED) is 0.500. The number of carboxylic acid groups (broad SMARTS) is 1.